The molecule has 198 valence electrons. The lowest BCUT2D eigenvalue weighted by Crippen LogP contribution is -2.37. The van der Waals surface area contributed by atoms with Crippen molar-refractivity contribution in [3.8, 4) is 0 Å². The number of hydrogen-bond acceptors (Lipinski definition) is 6. The maximum absolute atomic E-state index is 13.6. The maximum Gasteiger partial charge on any atom is 0.239 e. The van der Waals surface area contributed by atoms with Gasteiger partial charge in [-0.2, -0.15) is 5.10 Å². The molecule has 4 aliphatic heterocycles. The van der Waals surface area contributed by atoms with E-state index in [4.69, 9.17) is 9.84 Å². The standard InChI is InChI=1S/C27H34F2N6O2/c1-17(36)33-7-5-25-23(15-33)27(31-35(25)22-6-8-37-16-22)34-13-18(10-26(28)29)9-20-11-19(3-4-24(20)34)21-12-30-32(2)14-21/h3-4,11,14,18,22,26,30H,5-10,12-13,15-16H2,1-2H3/t18-,22+/m1/s1. The molecule has 1 N–H and O–H groups in total. The molecule has 2 aromatic rings. The molecule has 37 heavy (non-hydrogen) atoms. The topological polar surface area (TPSA) is 65.9 Å². The molecule has 0 spiro atoms. The highest BCUT2D eigenvalue weighted by Gasteiger charge is 2.36. The van der Waals surface area contributed by atoms with Crippen molar-refractivity contribution >= 4 is 23.0 Å². The summed E-state index contributed by atoms with van der Waals surface area (Å²) in [6.07, 6.45) is 1.80. The molecule has 0 unspecified atom stereocenters. The van der Waals surface area contributed by atoms with Crippen molar-refractivity contribution in [3.63, 3.8) is 0 Å². The third kappa shape index (κ3) is 4.61. The minimum absolute atomic E-state index is 0.0382. The number of nitrogens with one attached hydrogen (secondary N) is 1. The molecule has 1 aromatic heterocycles. The average molecular weight is 513 g/mol. The molecule has 1 amide bonds. The van der Waals surface area contributed by atoms with Crippen molar-refractivity contribution in [1.29, 1.82) is 0 Å². The van der Waals surface area contributed by atoms with E-state index >= 15 is 0 Å². The van der Waals surface area contributed by atoms with Gasteiger partial charge >= 0.3 is 0 Å². The number of benzene rings is 1. The van der Waals surface area contributed by atoms with Crippen LogP contribution in [0.25, 0.3) is 5.57 Å². The van der Waals surface area contributed by atoms with Gasteiger partial charge in [0.05, 0.1) is 19.2 Å². The summed E-state index contributed by atoms with van der Waals surface area (Å²) in [5.74, 6) is 0.641. The fourth-order valence-electron chi connectivity index (χ4n) is 6.20. The van der Waals surface area contributed by atoms with E-state index in [1.807, 2.05) is 17.0 Å². The van der Waals surface area contributed by atoms with E-state index in [9.17, 15) is 13.6 Å². The summed E-state index contributed by atoms with van der Waals surface area (Å²) in [6, 6.07) is 6.54. The smallest absolute Gasteiger partial charge is 0.239 e. The van der Waals surface area contributed by atoms with E-state index in [2.05, 4.69) is 39.4 Å². The number of alkyl halides is 2. The monoisotopic (exact) mass is 512 g/mol. The van der Waals surface area contributed by atoms with E-state index in [1.54, 1.807) is 6.92 Å². The summed E-state index contributed by atoms with van der Waals surface area (Å²) < 4.78 is 35.0. The summed E-state index contributed by atoms with van der Waals surface area (Å²) >= 11 is 0. The number of rotatable bonds is 5. The molecule has 6 rings (SSSR count). The van der Waals surface area contributed by atoms with Gasteiger partial charge in [-0.05, 0) is 47.6 Å². The quantitative estimate of drug-likeness (QED) is 0.662. The second kappa shape index (κ2) is 9.72. The van der Waals surface area contributed by atoms with Crippen molar-refractivity contribution < 1.29 is 18.3 Å². The molecule has 0 saturated carbocycles. The van der Waals surface area contributed by atoms with Crippen molar-refractivity contribution in [2.75, 3.05) is 44.8 Å². The predicted molar refractivity (Wildman–Crippen MR) is 137 cm³/mol. The average Bonchev–Trinajstić information content (AvgIpc) is 3.62. The number of carbonyl (C=O) groups excluding carboxylic acids is 1. The third-order valence-electron chi connectivity index (χ3n) is 8.09. The first-order valence-corrected chi connectivity index (χ1v) is 13.2. The van der Waals surface area contributed by atoms with Crippen LogP contribution in [0.4, 0.5) is 20.3 Å². The molecule has 10 heteroatoms. The van der Waals surface area contributed by atoms with Gasteiger partial charge in [0.15, 0.2) is 5.82 Å². The molecule has 1 aromatic carbocycles. The Morgan fingerprint density at radius 3 is 2.89 bits per heavy atom. The van der Waals surface area contributed by atoms with Crippen LogP contribution >= 0.6 is 0 Å². The summed E-state index contributed by atoms with van der Waals surface area (Å²) in [5, 5.41) is 7.06. The minimum Gasteiger partial charge on any atom is -0.379 e. The van der Waals surface area contributed by atoms with Gasteiger partial charge in [-0.15, -0.1) is 0 Å². The fourth-order valence-corrected chi connectivity index (χ4v) is 6.20. The van der Waals surface area contributed by atoms with E-state index in [-0.39, 0.29) is 24.3 Å². The number of carbonyl (C=O) groups is 1. The van der Waals surface area contributed by atoms with Crippen molar-refractivity contribution in [2.24, 2.45) is 5.92 Å². The number of aromatic nitrogens is 2. The lowest BCUT2D eigenvalue weighted by atomic mass is 9.88. The number of halogens is 2. The van der Waals surface area contributed by atoms with Crippen LogP contribution in [0.1, 0.15) is 48.2 Å². The number of amides is 1. The Morgan fingerprint density at radius 2 is 2.19 bits per heavy atom. The highest BCUT2D eigenvalue weighted by molar-refractivity contribution is 5.76. The SMILES string of the molecule is CC(=O)N1CCc2c(c(N3C[C@@H](CC(F)F)Cc4cc(C5=CN(C)NC5)ccc43)nn2[C@H]2CCOC2)C1. The van der Waals surface area contributed by atoms with Crippen LogP contribution in [0.3, 0.4) is 0 Å². The van der Waals surface area contributed by atoms with Crippen molar-refractivity contribution in [1.82, 2.24) is 25.1 Å². The van der Waals surface area contributed by atoms with Crippen LogP contribution in [0.15, 0.2) is 24.4 Å². The summed E-state index contributed by atoms with van der Waals surface area (Å²) in [5.41, 5.74) is 9.81. The minimum atomic E-state index is -2.36. The van der Waals surface area contributed by atoms with Crippen LogP contribution in [0.2, 0.25) is 0 Å². The largest absolute Gasteiger partial charge is 0.379 e. The maximum atomic E-state index is 13.6. The van der Waals surface area contributed by atoms with E-state index in [0.717, 1.165) is 53.3 Å². The fraction of sp³-hybridized carbons (Fsp3) is 0.556. The van der Waals surface area contributed by atoms with E-state index < -0.39 is 6.43 Å². The molecule has 2 atom stereocenters. The predicted octanol–water partition coefficient (Wildman–Crippen LogP) is 3.51. The van der Waals surface area contributed by atoms with Crippen molar-refractivity contribution in [2.45, 2.75) is 51.6 Å². The Morgan fingerprint density at radius 1 is 1.32 bits per heavy atom. The molecule has 0 aliphatic carbocycles. The lowest BCUT2D eigenvalue weighted by Gasteiger charge is -2.36. The Hall–Kier alpha value is -2.98. The van der Waals surface area contributed by atoms with Crippen molar-refractivity contribution in [3.05, 3.63) is 46.8 Å². The zero-order chi connectivity index (χ0) is 25.7. The van der Waals surface area contributed by atoms with Gasteiger partial charge in [0.2, 0.25) is 12.3 Å². The Balaban J connectivity index is 1.44. The molecule has 4 aliphatic rings. The molecular weight excluding hydrogens is 478 g/mol. The number of nitrogens with zero attached hydrogens (tertiary/aromatic N) is 5. The molecule has 8 nitrogen and oxygen atoms in total. The normalized spacial score (nSPS) is 23.5. The summed E-state index contributed by atoms with van der Waals surface area (Å²) in [4.78, 5) is 16.3. The van der Waals surface area contributed by atoms with Gasteiger partial charge in [-0.3, -0.25) is 9.48 Å². The van der Waals surface area contributed by atoms with Gasteiger partial charge in [-0.25, -0.2) is 14.2 Å². The van der Waals surface area contributed by atoms with Gasteiger partial charge < -0.3 is 19.5 Å². The first kappa shape index (κ1) is 24.4. The third-order valence-corrected chi connectivity index (χ3v) is 8.09. The zero-order valence-corrected chi connectivity index (χ0v) is 21.4. The highest BCUT2D eigenvalue weighted by Crippen LogP contribution is 2.42. The van der Waals surface area contributed by atoms with Crippen LogP contribution < -0.4 is 10.3 Å². The van der Waals surface area contributed by atoms with Gasteiger partial charge in [0.1, 0.15) is 0 Å². The first-order chi connectivity index (χ1) is 17.9. The molecule has 1 fully saturated rings. The van der Waals surface area contributed by atoms with Crippen LogP contribution in [-0.2, 0) is 28.9 Å². The number of anilines is 2. The second-order valence-corrected chi connectivity index (χ2v) is 10.7. The second-order valence-electron chi connectivity index (χ2n) is 10.7. The zero-order valence-electron chi connectivity index (χ0n) is 21.4. The van der Waals surface area contributed by atoms with Gasteiger partial charge in [0.25, 0.3) is 0 Å². The molecule has 5 heterocycles. The Kier molecular flexibility index (Phi) is 6.40. The number of fused-ring (bicyclic) bond motifs is 2. The lowest BCUT2D eigenvalue weighted by molar-refractivity contribution is -0.129. The van der Waals surface area contributed by atoms with Gasteiger partial charge in [-0.1, -0.05) is 6.07 Å². The number of hydrogen-bond donors (Lipinski definition) is 1. The number of ether oxygens (including phenoxy) is 1. The van der Waals surface area contributed by atoms with E-state index in [1.165, 1.54) is 5.57 Å². The summed E-state index contributed by atoms with van der Waals surface area (Å²) in [7, 11) is 1.96. The van der Waals surface area contributed by atoms with Crippen LogP contribution in [0, 0.1) is 5.92 Å². The molecule has 0 bridgehead atoms. The Labute approximate surface area is 215 Å². The number of hydrazine groups is 1. The van der Waals surface area contributed by atoms with E-state index in [0.29, 0.717) is 39.3 Å². The molecular formula is C27H34F2N6O2. The van der Waals surface area contributed by atoms with Crippen LogP contribution in [0.5, 0.6) is 0 Å². The van der Waals surface area contributed by atoms with Gasteiger partial charge in [0, 0.05) is 76.2 Å². The Bertz CT molecular complexity index is 1220. The highest BCUT2D eigenvalue weighted by atomic mass is 19.3. The first-order valence-electron chi connectivity index (χ1n) is 13.2. The molecule has 0 radical (unpaired) electrons. The summed E-state index contributed by atoms with van der Waals surface area (Å²) in [6.45, 7) is 5.29. The van der Waals surface area contributed by atoms with Crippen LogP contribution in [-0.4, -0.2) is 71.9 Å². The molecule has 1 saturated heterocycles.